The fraction of sp³-hybridized carbons (Fsp3) is 0.615. The summed E-state index contributed by atoms with van der Waals surface area (Å²) in [6, 6.07) is 0.886. The van der Waals surface area contributed by atoms with Gasteiger partial charge in [-0.1, -0.05) is 0 Å². The largest absolute Gasteiger partial charge is 0.480 e. The molecule has 0 radical (unpaired) electrons. The lowest BCUT2D eigenvalue weighted by Crippen LogP contribution is -2.52. The standard InChI is InChI=1S/C13H20N4O3/c18-12(19)11-5-1-2-10-17(11)13(20)14-6-3-8-16-9-4-7-15-16/h4,7,9,11H,1-3,5-6,8,10H2,(H,14,20)(H,18,19). The van der Waals surface area contributed by atoms with E-state index in [1.165, 1.54) is 4.90 Å². The van der Waals surface area contributed by atoms with E-state index in [-0.39, 0.29) is 6.03 Å². The lowest BCUT2D eigenvalue weighted by molar-refractivity contribution is -0.143. The number of hydrogen-bond donors (Lipinski definition) is 2. The maximum absolute atomic E-state index is 12.0. The number of nitrogens with one attached hydrogen (secondary N) is 1. The summed E-state index contributed by atoms with van der Waals surface area (Å²) >= 11 is 0. The number of carboxylic acids is 1. The van der Waals surface area contributed by atoms with Gasteiger partial charge in [-0.3, -0.25) is 4.68 Å². The van der Waals surface area contributed by atoms with Gasteiger partial charge in [0.15, 0.2) is 0 Å². The van der Waals surface area contributed by atoms with Gasteiger partial charge in [0, 0.05) is 32.0 Å². The van der Waals surface area contributed by atoms with Gasteiger partial charge in [0.05, 0.1) is 0 Å². The van der Waals surface area contributed by atoms with Gasteiger partial charge in [0.1, 0.15) is 6.04 Å². The Bertz CT molecular complexity index is 446. The molecule has 0 saturated carbocycles. The molecule has 1 aliphatic heterocycles. The van der Waals surface area contributed by atoms with Crippen molar-refractivity contribution in [2.45, 2.75) is 38.3 Å². The first-order valence-corrected chi connectivity index (χ1v) is 6.93. The second-order valence-electron chi connectivity index (χ2n) is 4.90. The normalized spacial score (nSPS) is 18.8. The molecule has 2 rings (SSSR count). The van der Waals surface area contributed by atoms with Gasteiger partial charge in [-0.25, -0.2) is 9.59 Å². The average molecular weight is 280 g/mol. The SMILES string of the molecule is O=C(O)C1CCCCN1C(=O)NCCCn1cccn1. The number of carbonyl (C=O) groups excluding carboxylic acids is 1. The summed E-state index contributed by atoms with van der Waals surface area (Å²) in [5.74, 6) is -0.920. The van der Waals surface area contributed by atoms with Crippen LogP contribution in [0.4, 0.5) is 4.79 Å². The van der Waals surface area contributed by atoms with Crippen molar-refractivity contribution in [3.63, 3.8) is 0 Å². The number of aliphatic carboxylic acids is 1. The maximum Gasteiger partial charge on any atom is 0.326 e. The van der Waals surface area contributed by atoms with Crippen LogP contribution in [-0.2, 0) is 11.3 Å². The topological polar surface area (TPSA) is 87.5 Å². The first kappa shape index (κ1) is 14.4. The summed E-state index contributed by atoms with van der Waals surface area (Å²) in [6.07, 6.45) is 6.61. The Labute approximate surface area is 117 Å². The summed E-state index contributed by atoms with van der Waals surface area (Å²) in [4.78, 5) is 24.6. The van der Waals surface area contributed by atoms with Gasteiger partial charge >= 0.3 is 12.0 Å². The van der Waals surface area contributed by atoms with E-state index in [1.807, 2.05) is 12.3 Å². The Morgan fingerprint density at radius 3 is 2.95 bits per heavy atom. The third-order valence-electron chi connectivity index (χ3n) is 3.45. The molecule has 20 heavy (non-hydrogen) atoms. The monoisotopic (exact) mass is 280 g/mol. The third kappa shape index (κ3) is 3.72. The highest BCUT2D eigenvalue weighted by Gasteiger charge is 2.31. The molecule has 2 N–H and O–H groups in total. The molecule has 0 bridgehead atoms. The van der Waals surface area contributed by atoms with Crippen LogP contribution in [0.2, 0.25) is 0 Å². The molecule has 2 amide bonds. The molecule has 7 nitrogen and oxygen atoms in total. The molecule has 1 atom stereocenters. The minimum Gasteiger partial charge on any atom is -0.480 e. The van der Waals surface area contributed by atoms with Crippen LogP contribution in [0, 0.1) is 0 Å². The zero-order valence-electron chi connectivity index (χ0n) is 11.4. The molecule has 1 aliphatic rings. The number of urea groups is 1. The molecule has 1 unspecified atom stereocenters. The lowest BCUT2D eigenvalue weighted by Gasteiger charge is -2.32. The van der Waals surface area contributed by atoms with Crippen molar-refractivity contribution in [1.29, 1.82) is 0 Å². The van der Waals surface area contributed by atoms with Crippen molar-refractivity contribution in [1.82, 2.24) is 20.0 Å². The highest BCUT2D eigenvalue weighted by molar-refractivity contribution is 5.82. The Hall–Kier alpha value is -2.05. The van der Waals surface area contributed by atoms with E-state index in [2.05, 4.69) is 10.4 Å². The van der Waals surface area contributed by atoms with Crippen LogP contribution >= 0.6 is 0 Å². The second-order valence-corrected chi connectivity index (χ2v) is 4.90. The highest BCUT2D eigenvalue weighted by atomic mass is 16.4. The lowest BCUT2D eigenvalue weighted by atomic mass is 10.0. The molecule has 0 aliphatic carbocycles. The second kappa shape index (κ2) is 6.93. The maximum atomic E-state index is 12.0. The summed E-state index contributed by atoms with van der Waals surface area (Å²) < 4.78 is 1.80. The van der Waals surface area contributed by atoms with Gasteiger partial charge in [-0.15, -0.1) is 0 Å². The van der Waals surface area contributed by atoms with Crippen LogP contribution in [0.25, 0.3) is 0 Å². The average Bonchev–Trinajstić information content (AvgIpc) is 2.96. The Morgan fingerprint density at radius 1 is 1.40 bits per heavy atom. The first-order valence-electron chi connectivity index (χ1n) is 6.93. The van der Waals surface area contributed by atoms with Gasteiger partial charge < -0.3 is 15.3 Å². The number of rotatable bonds is 5. The smallest absolute Gasteiger partial charge is 0.326 e. The number of nitrogens with zero attached hydrogens (tertiary/aromatic N) is 3. The van der Waals surface area contributed by atoms with Crippen LogP contribution in [0.1, 0.15) is 25.7 Å². The Morgan fingerprint density at radius 2 is 2.25 bits per heavy atom. The number of carboxylic acid groups (broad SMARTS) is 1. The van der Waals surface area contributed by atoms with Crippen LogP contribution in [0.5, 0.6) is 0 Å². The van der Waals surface area contributed by atoms with Crippen LogP contribution in [0.3, 0.4) is 0 Å². The summed E-state index contributed by atoms with van der Waals surface area (Å²) in [7, 11) is 0. The highest BCUT2D eigenvalue weighted by Crippen LogP contribution is 2.17. The quantitative estimate of drug-likeness (QED) is 0.785. The molecule has 1 aromatic rings. The molecule has 7 heteroatoms. The fourth-order valence-corrected chi connectivity index (χ4v) is 2.40. The number of hydrogen-bond acceptors (Lipinski definition) is 3. The van der Waals surface area contributed by atoms with E-state index in [9.17, 15) is 9.59 Å². The number of carbonyl (C=O) groups is 2. The van der Waals surface area contributed by atoms with Crippen LogP contribution < -0.4 is 5.32 Å². The molecule has 0 aromatic carbocycles. The number of aromatic nitrogens is 2. The Kier molecular flexibility index (Phi) is 4.97. The first-order chi connectivity index (χ1) is 9.68. The molecule has 0 spiro atoms. The number of piperidine rings is 1. The Balaban J connectivity index is 1.74. The molecule has 1 aromatic heterocycles. The van der Waals surface area contributed by atoms with Crippen molar-refractivity contribution in [3.05, 3.63) is 18.5 Å². The van der Waals surface area contributed by atoms with Crippen LogP contribution in [-0.4, -0.2) is 50.9 Å². The molecule has 1 saturated heterocycles. The summed E-state index contributed by atoms with van der Waals surface area (Å²) in [5.41, 5.74) is 0. The van der Waals surface area contributed by atoms with Crippen LogP contribution in [0.15, 0.2) is 18.5 Å². The predicted molar refractivity (Wildman–Crippen MR) is 72.2 cm³/mol. The number of amides is 2. The minimum atomic E-state index is -0.920. The number of likely N-dealkylation sites (tertiary alicyclic amines) is 1. The number of aryl methyl sites for hydroxylation is 1. The zero-order chi connectivity index (χ0) is 14.4. The van der Waals surface area contributed by atoms with E-state index in [4.69, 9.17) is 5.11 Å². The van der Waals surface area contributed by atoms with E-state index in [0.717, 1.165) is 25.8 Å². The van der Waals surface area contributed by atoms with Crippen molar-refractivity contribution < 1.29 is 14.7 Å². The molecule has 2 heterocycles. The van der Waals surface area contributed by atoms with Crippen molar-refractivity contribution >= 4 is 12.0 Å². The van der Waals surface area contributed by atoms with Crippen molar-refractivity contribution in [3.8, 4) is 0 Å². The molecule has 1 fully saturated rings. The van der Waals surface area contributed by atoms with E-state index < -0.39 is 12.0 Å². The van der Waals surface area contributed by atoms with E-state index in [1.54, 1.807) is 10.9 Å². The van der Waals surface area contributed by atoms with E-state index in [0.29, 0.717) is 19.5 Å². The minimum absolute atomic E-state index is 0.280. The zero-order valence-corrected chi connectivity index (χ0v) is 11.4. The molecular weight excluding hydrogens is 260 g/mol. The molecular formula is C13H20N4O3. The van der Waals surface area contributed by atoms with Gasteiger partial charge in [0.25, 0.3) is 0 Å². The predicted octanol–water partition coefficient (Wildman–Crippen LogP) is 0.922. The van der Waals surface area contributed by atoms with Gasteiger partial charge in [-0.05, 0) is 31.7 Å². The summed E-state index contributed by atoms with van der Waals surface area (Å²) in [6.45, 7) is 1.76. The molecule has 110 valence electrons. The van der Waals surface area contributed by atoms with Gasteiger partial charge in [0.2, 0.25) is 0 Å². The summed E-state index contributed by atoms with van der Waals surface area (Å²) in [5, 5.41) is 16.0. The fourth-order valence-electron chi connectivity index (χ4n) is 2.40. The van der Waals surface area contributed by atoms with Crippen molar-refractivity contribution in [2.75, 3.05) is 13.1 Å². The third-order valence-corrected chi connectivity index (χ3v) is 3.45. The van der Waals surface area contributed by atoms with Crippen molar-refractivity contribution in [2.24, 2.45) is 0 Å². The van der Waals surface area contributed by atoms with Gasteiger partial charge in [-0.2, -0.15) is 5.10 Å². The van der Waals surface area contributed by atoms with E-state index >= 15 is 0 Å².